The van der Waals surface area contributed by atoms with Gasteiger partial charge >= 0.3 is 11.9 Å². The smallest absolute Gasteiger partial charge is 0.304 e. The molecule has 0 aliphatic heterocycles. The lowest BCUT2D eigenvalue weighted by atomic mass is 10.2. The van der Waals surface area contributed by atoms with Crippen LogP contribution in [0.2, 0.25) is 0 Å². The van der Waals surface area contributed by atoms with Crippen molar-refractivity contribution < 1.29 is 19.8 Å². The van der Waals surface area contributed by atoms with Crippen LogP contribution in [-0.4, -0.2) is 53.3 Å². The molecular formula is C13H28N2O4S2. The van der Waals surface area contributed by atoms with E-state index < -0.39 is 11.9 Å². The number of carboxylic acid groups (broad SMARTS) is 2. The second-order valence-electron chi connectivity index (χ2n) is 4.18. The van der Waals surface area contributed by atoms with Crippen LogP contribution in [0.3, 0.4) is 0 Å². The lowest BCUT2D eigenvalue weighted by Gasteiger charge is -1.99. The van der Waals surface area contributed by atoms with Gasteiger partial charge in [0.2, 0.25) is 0 Å². The third kappa shape index (κ3) is 28.5. The zero-order valence-electron chi connectivity index (χ0n) is 12.7. The van der Waals surface area contributed by atoms with E-state index in [2.05, 4.69) is 12.2 Å². The molecule has 0 amide bonds. The van der Waals surface area contributed by atoms with Crippen molar-refractivity contribution in [2.75, 3.05) is 31.1 Å². The second-order valence-corrected chi connectivity index (χ2v) is 6.88. The Morgan fingerprint density at radius 3 is 1.90 bits per heavy atom. The fraction of sp³-hybridized carbons (Fsp3) is 0.846. The summed E-state index contributed by atoms with van der Waals surface area (Å²) < 4.78 is 0. The molecule has 5 N–H and O–H groups in total. The van der Waals surface area contributed by atoms with E-state index in [0.717, 1.165) is 19.6 Å². The predicted molar refractivity (Wildman–Crippen MR) is 90.9 cm³/mol. The van der Waals surface area contributed by atoms with Crippen molar-refractivity contribution in [2.24, 2.45) is 5.73 Å². The summed E-state index contributed by atoms with van der Waals surface area (Å²) in [5.41, 5.74) is 5.28. The minimum atomic E-state index is -0.818. The number of hydrogen-bond acceptors (Lipinski definition) is 6. The van der Waals surface area contributed by atoms with Crippen LogP contribution in [0.15, 0.2) is 0 Å². The molecular weight excluding hydrogens is 312 g/mol. The molecule has 0 saturated heterocycles. The van der Waals surface area contributed by atoms with Crippen molar-refractivity contribution in [1.29, 1.82) is 0 Å². The molecule has 0 rings (SSSR count). The highest BCUT2D eigenvalue weighted by Gasteiger charge is 1.99. The first kappa shape index (κ1) is 22.8. The molecule has 0 heterocycles. The van der Waals surface area contributed by atoms with Crippen LogP contribution in [0.25, 0.3) is 0 Å². The van der Waals surface area contributed by atoms with Crippen LogP contribution in [0.1, 0.15) is 39.0 Å². The summed E-state index contributed by atoms with van der Waals surface area (Å²) in [7, 11) is 2.79. The number of carbonyl (C=O) groups is 2. The molecule has 0 fully saturated rings. The molecule has 0 radical (unpaired) electrons. The van der Waals surface area contributed by atoms with Crippen molar-refractivity contribution in [3.05, 3.63) is 0 Å². The summed E-state index contributed by atoms with van der Waals surface area (Å²) >= 11 is 0. The van der Waals surface area contributed by atoms with E-state index in [1.54, 1.807) is 0 Å². The molecule has 0 aromatic carbocycles. The SMILES string of the molecule is CCCCCNCCN.O=C(O)CCSSCCC(=O)O. The van der Waals surface area contributed by atoms with Crippen LogP contribution >= 0.6 is 21.6 Å². The molecule has 6 nitrogen and oxygen atoms in total. The van der Waals surface area contributed by atoms with Gasteiger partial charge in [-0.2, -0.15) is 0 Å². The predicted octanol–water partition coefficient (Wildman–Crippen LogP) is 2.04. The lowest BCUT2D eigenvalue weighted by molar-refractivity contribution is -0.137. The van der Waals surface area contributed by atoms with Crippen molar-refractivity contribution >= 4 is 33.5 Å². The Balaban J connectivity index is 0. The van der Waals surface area contributed by atoms with Crippen molar-refractivity contribution in [3.63, 3.8) is 0 Å². The number of unbranched alkanes of at least 4 members (excludes halogenated alkanes) is 2. The molecule has 0 spiro atoms. The van der Waals surface area contributed by atoms with Gasteiger partial charge in [0.15, 0.2) is 0 Å². The van der Waals surface area contributed by atoms with Crippen LogP contribution in [0, 0.1) is 0 Å². The van der Waals surface area contributed by atoms with Gasteiger partial charge in [0.05, 0.1) is 12.8 Å². The Hall–Kier alpha value is -0.440. The first-order valence-corrected chi connectivity index (χ1v) is 9.62. The quantitative estimate of drug-likeness (QED) is 0.298. The van der Waals surface area contributed by atoms with Gasteiger partial charge in [0, 0.05) is 24.6 Å². The Bertz CT molecular complexity index is 232. The summed E-state index contributed by atoms with van der Waals surface area (Å²) in [5, 5.41) is 19.7. The van der Waals surface area contributed by atoms with Crippen LogP contribution in [-0.2, 0) is 9.59 Å². The Morgan fingerprint density at radius 2 is 1.52 bits per heavy atom. The number of nitrogens with two attached hydrogens (primary N) is 1. The minimum absolute atomic E-state index is 0.130. The zero-order valence-corrected chi connectivity index (χ0v) is 14.3. The van der Waals surface area contributed by atoms with Gasteiger partial charge in [-0.3, -0.25) is 9.59 Å². The first-order chi connectivity index (χ1) is 10.0. The maximum Gasteiger partial charge on any atom is 0.304 e. The molecule has 0 aliphatic carbocycles. The Kier molecular flexibility index (Phi) is 21.3. The van der Waals surface area contributed by atoms with Gasteiger partial charge in [-0.05, 0) is 13.0 Å². The monoisotopic (exact) mass is 340 g/mol. The summed E-state index contributed by atoms with van der Waals surface area (Å²) in [6.45, 7) is 5.06. The molecule has 8 heteroatoms. The fourth-order valence-corrected chi connectivity index (χ4v) is 3.06. The van der Waals surface area contributed by atoms with Crippen molar-refractivity contribution in [2.45, 2.75) is 39.0 Å². The number of rotatable bonds is 13. The molecule has 0 saturated carbocycles. The van der Waals surface area contributed by atoms with E-state index in [4.69, 9.17) is 15.9 Å². The van der Waals surface area contributed by atoms with E-state index in [1.165, 1.54) is 40.9 Å². The van der Waals surface area contributed by atoms with Gasteiger partial charge in [0.25, 0.3) is 0 Å². The van der Waals surface area contributed by atoms with E-state index in [0.29, 0.717) is 11.5 Å². The Labute approximate surface area is 135 Å². The lowest BCUT2D eigenvalue weighted by Crippen LogP contribution is -2.23. The van der Waals surface area contributed by atoms with Crippen LogP contribution in [0.5, 0.6) is 0 Å². The average molecular weight is 341 g/mol. The highest BCUT2D eigenvalue weighted by molar-refractivity contribution is 8.76. The topological polar surface area (TPSA) is 113 Å². The van der Waals surface area contributed by atoms with Gasteiger partial charge in [-0.25, -0.2) is 0 Å². The van der Waals surface area contributed by atoms with Crippen LogP contribution in [0.4, 0.5) is 0 Å². The van der Waals surface area contributed by atoms with E-state index in [-0.39, 0.29) is 12.8 Å². The van der Waals surface area contributed by atoms with Crippen molar-refractivity contribution in [1.82, 2.24) is 5.32 Å². The first-order valence-electron chi connectivity index (χ1n) is 7.13. The molecule has 0 aromatic rings. The number of carboxylic acids is 2. The van der Waals surface area contributed by atoms with Gasteiger partial charge in [0.1, 0.15) is 0 Å². The summed E-state index contributed by atoms with van der Waals surface area (Å²) in [6.07, 6.45) is 4.17. The van der Waals surface area contributed by atoms with Crippen molar-refractivity contribution in [3.8, 4) is 0 Å². The largest absolute Gasteiger partial charge is 0.481 e. The molecule has 0 bridgehead atoms. The average Bonchev–Trinajstić information content (AvgIpc) is 2.43. The van der Waals surface area contributed by atoms with Gasteiger partial charge in [-0.1, -0.05) is 41.4 Å². The normalized spacial score (nSPS) is 9.81. The summed E-state index contributed by atoms with van der Waals surface area (Å²) in [5.74, 6) is -0.582. The van der Waals surface area contributed by atoms with Gasteiger partial charge < -0.3 is 21.3 Å². The second kappa shape index (κ2) is 19.6. The summed E-state index contributed by atoms with van der Waals surface area (Å²) in [4.78, 5) is 20.0. The minimum Gasteiger partial charge on any atom is -0.481 e. The zero-order chi connectivity index (χ0) is 16.3. The number of aliphatic carboxylic acids is 2. The highest BCUT2D eigenvalue weighted by atomic mass is 33.1. The van der Waals surface area contributed by atoms with E-state index >= 15 is 0 Å². The third-order valence-corrected chi connectivity index (χ3v) is 4.57. The van der Waals surface area contributed by atoms with E-state index in [9.17, 15) is 9.59 Å². The molecule has 21 heavy (non-hydrogen) atoms. The molecule has 0 aromatic heterocycles. The molecule has 0 atom stereocenters. The number of hydrogen-bond donors (Lipinski definition) is 4. The Morgan fingerprint density at radius 1 is 1.00 bits per heavy atom. The third-order valence-electron chi connectivity index (χ3n) is 2.16. The fourth-order valence-electron chi connectivity index (χ4n) is 1.10. The summed E-state index contributed by atoms with van der Waals surface area (Å²) in [6, 6.07) is 0. The van der Waals surface area contributed by atoms with Gasteiger partial charge in [-0.15, -0.1) is 0 Å². The maximum atomic E-state index is 10.0. The standard InChI is InChI=1S/C7H18N2.C6H10O4S2/c1-2-3-4-6-9-7-5-8;7-5(8)1-3-11-12-4-2-6(9)10/h9H,2-8H2,1H3;1-4H2,(H,7,8)(H,9,10). The molecule has 0 aliphatic rings. The highest BCUT2D eigenvalue weighted by Crippen LogP contribution is 2.22. The number of nitrogens with one attached hydrogen (secondary N) is 1. The van der Waals surface area contributed by atoms with Crippen LogP contribution < -0.4 is 11.1 Å². The molecule has 126 valence electrons. The molecule has 0 unspecified atom stereocenters. The van der Waals surface area contributed by atoms with E-state index in [1.807, 2.05) is 0 Å². The maximum absolute atomic E-state index is 10.0.